The summed E-state index contributed by atoms with van der Waals surface area (Å²) in [5.41, 5.74) is 1.43. The maximum absolute atomic E-state index is 13.3. The first kappa shape index (κ1) is 35.2. The van der Waals surface area contributed by atoms with Crippen LogP contribution in [-0.2, 0) is 45.1 Å². The number of aliphatic hydroxyl groups excluding tert-OH is 2. The highest BCUT2D eigenvalue weighted by Crippen LogP contribution is 2.49. The molecule has 1 saturated heterocycles. The number of hydrogen-bond acceptors (Lipinski definition) is 11. The van der Waals surface area contributed by atoms with Gasteiger partial charge in [0, 0.05) is 38.9 Å². The van der Waals surface area contributed by atoms with Crippen molar-refractivity contribution in [2.75, 3.05) is 20.3 Å². The molecule has 0 spiro atoms. The van der Waals surface area contributed by atoms with Crippen molar-refractivity contribution < 1.29 is 48.2 Å². The Kier molecular flexibility index (Phi) is 10.6. The number of aryl methyl sites for hydroxylation is 1. The van der Waals surface area contributed by atoms with Crippen molar-refractivity contribution in [3.63, 3.8) is 0 Å². The standard InChI is InChI=1S/C35H48N2O10/c1-20(2)25-10-8-21(3)26-15-29(46-30(40)11-9-24-16-37(6)19-36-24)34(5)12-13-35(42-7,47-34)23(14-27(25)26)17-43-33-32(45-22(4)38)31(41)28(39)18-44-33/h8-9,11-14,16,19-20,25-29,31-33,39,41H,10,15,17-18H2,1-7H3/t25-,26+,27-,28-,29+,31-,32+,33-,34+,35-/m1/s1. The van der Waals surface area contributed by atoms with Gasteiger partial charge in [0.15, 0.2) is 12.4 Å². The molecule has 10 atom stereocenters. The minimum absolute atomic E-state index is 0.0137. The lowest BCUT2D eigenvalue weighted by molar-refractivity contribution is -0.277. The fourth-order valence-corrected chi connectivity index (χ4v) is 7.17. The number of carbonyl (C=O) groups is 2. The van der Waals surface area contributed by atoms with E-state index in [-0.39, 0.29) is 31.0 Å². The third-order valence-electron chi connectivity index (χ3n) is 9.88. The van der Waals surface area contributed by atoms with Crippen LogP contribution >= 0.6 is 0 Å². The average Bonchev–Trinajstić information content (AvgIpc) is 3.61. The van der Waals surface area contributed by atoms with Gasteiger partial charge < -0.3 is 43.2 Å². The number of aliphatic hydroxyl groups is 2. The lowest BCUT2D eigenvalue weighted by Gasteiger charge is -2.41. The summed E-state index contributed by atoms with van der Waals surface area (Å²) in [4.78, 5) is 29.4. The van der Waals surface area contributed by atoms with E-state index in [1.165, 1.54) is 18.6 Å². The summed E-state index contributed by atoms with van der Waals surface area (Å²) in [6.07, 6.45) is 10.3. The molecule has 258 valence electrons. The minimum Gasteiger partial charge on any atom is -0.456 e. The van der Waals surface area contributed by atoms with E-state index in [0.717, 1.165) is 6.42 Å². The molecule has 5 rings (SSSR count). The Hall–Kier alpha value is -3.13. The largest absolute Gasteiger partial charge is 0.456 e. The zero-order chi connectivity index (χ0) is 34.1. The number of esters is 2. The van der Waals surface area contributed by atoms with E-state index in [4.69, 9.17) is 28.4 Å². The van der Waals surface area contributed by atoms with Crippen molar-refractivity contribution >= 4 is 18.0 Å². The van der Waals surface area contributed by atoms with Crippen LogP contribution in [0.15, 0.2) is 54.1 Å². The molecule has 3 aliphatic heterocycles. The fourth-order valence-electron chi connectivity index (χ4n) is 7.17. The number of hydrogen-bond donors (Lipinski definition) is 2. The van der Waals surface area contributed by atoms with E-state index in [0.29, 0.717) is 23.6 Å². The van der Waals surface area contributed by atoms with Crippen LogP contribution < -0.4 is 0 Å². The topological polar surface area (TPSA) is 148 Å². The molecule has 0 saturated carbocycles. The second kappa shape index (κ2) is 14.2. The van der Waals surface area contributed by atoms with E-state index < -0.39 is 54.0 Å². The van der Waals surface area contributed by atoms with Gasteiger partial charge in [0.25, 0.3) is 0 Å². The van der Waals surface area contributed by atoms with Gasteiger partial charge in [-0.2, -0.15) is 0 Å². The van der Waals surface area contributed by atoms with E-state index in [9.17, 15) is 19.8 Å². The molecule has 2 bridgehead atoms. The van der Waals surface area contributed by atoms with Gasteiger partial charge in [0.05, 0.1) is 25.2 Å². The third kappa shape index (κ3) is 7.48. The monoisotopic (exact) mass is 656 g/mol. The second-order valence-corrected chi connectivity index (χ2v) is 13.6. The fraction of sp³-hybridized carbons (Fsp3) is 0.629. The summed E-state index contributed by atoms with van der Waals surface area (Å²) >= 11 is 0. The highest BCUT2D eigenvalue weighted by molar-refractivity contribution is 5.86. The molecular formula is C35H48N2O10. The number of allylic oxidation sites excluding steroid dienone is 3. The molecule has 47 heavy (non-hydrogen) atoms. The Balaban J connectivity index is 1.49. The summed E-state index contributed by atoms with van der Waals surface area (Å²) in [6, 6.07) is 0. The van der Waals surface area contributed by atoms with Crippen LogP contribution in [0, 0.1) is 23.7 Å². The second-order valence-electron chi connectivity index (χ2n) is 13.6. The third-order valence-corrected chi connectivity index (χ3v) is 9.88. The van der Waals surface area contributed by atoms with Gasteiger partial charge >= 0.3 is 11.9 Å². The number of methoxy groups -OCH3 is 1. The average molecular weight is 657 g/mol. The zero-order valence-electron chi connectivity index (χ0n) is 28.2. The number of carbonyl (C=O) groups excluding carboxylic acids is 2. The van der Waals surface area contributed by atoms with Crippen molar-refractivity contribution in [2.24, 2.45) is 30.7 Å². The number of aromatic nitrogens is 2. The number of imidazole rings is 1. The predicted molar refractivity (Wildman–Crippen MR) is 170 cm³/mol. The highest BCUT2D eigenvalue weighted by Gasteiger charge is 2.54. The number of nitrogens with zero attached hydrogens (tertiary/aromatic N) is 2. The smallest absolute Gasteiger partial charge is 0.331 e. The van der Waals surface area contributed by atoms with Gasteiger partial charge in [0.1, 0.15) is 23.9 Å². The normalized spacial score (nSPS) is 37.1. The highest BCUT2D eigenvalue weighted by atomic mass is 16.7. The molecule has 4 heterocycles. The van der Waals surface area contributed by atoms with Gasteiger partial charge in [0.2, 0.25) is 5.79 Å². The molecule has 4 aliphatic rings. The SMILES string of the molecule is CO[C@]12C=C[C@](C)(O1)[C@@H](OC(=O)C=Cc1cn(C)cn1)C[C@H]1C(C)=CC[C@H](C(C)C)[C@H]1C=C2CO[C@@H]1OC[C@@H](O)[C@@H](O)[C@@H]1OC(C)=O. The summed E-state index contributed by atoms with van der Waals surface area (Å²) in [5, 5.41) is 20.8. The molecule has 1 aromatic heterocycles. The van der Waals surface area contributed by atoms with E-state index in [1.54, 1.807) is 30.3 Å². The number of ether oxygens (including phenoxy) is 6. The Labute approximate surface area is 276 Å². The Bertz CT molecular complexity index is 1430. The molecule has 2 N–H and O–H groups in total. The van der Waals surface area contributed by atoms with Crippen molar-refractivity contribution in [3.8, 4) is 0 Å². The first-order valence-electron chi connectivity index (χ1n) is 16.2. The van der Waals surface area contributed by atoms with Gasteiger partial charge in [-0.25, -0.2) is 9.78 Å². The van der Waals surface area contributed by atoms with E-state index in [2.05, 4.69) is 37.9 Å². The molecule has 12 heteroatoms. The summed E-state index contributed by atoms with van der Waals surface area (Å²) < 4.78 is 38.1. The van der Waals surface area contributed by atoms with Crippen LogP contribution in [0.2, 0.25) is 0 Å². The molecule has 0 unspecified atom stereocenters. The molecule has 0 aromatic carbocycles. The molecule has 12 nitrogen and oxygen atoms in total. The lowest BCUT2D eigenvalue weighted by atomic mass is 9.65. The quantitative estimate of drug-likeness (QED) is 0.229. The van der Waals surface area contributed by atoms with Gasteiger partial charge in [-0.15, -0.1) is 0 Å². The zero-order valence-corrected chi connectivity index (χ0v) is 28.2. The summed E-state index contributed by atoms with van der Waals surface area (Å²) in [7, 11) is 3.40. The molecule has 1 aliphatic carbocycles. The van der Waals surface area contributed by atoms with E-state index in [1.807, 2.05) is 26.1 Å². The van der Waals surface area contributed by atoms with Crippen molar-refractivity contribution in [1.82, 2.24) is 9.55 Å². The van der Waals surface area contributed by atoms with Crippen molar-refractivity contribution in [3.05, 3.63) is 59.7 Å². The maximum atomic E-state index is 13.3. The van der Waals surface area contributed by atoms with Gasteiger partial charge in [-0.1, -0.05) is 31.6 Å². The summed E-state index contributed by atoms with van der Waals surface area (Å²) in [6.45, 7) is 9.36. The van der Waals surface area contributed by atoms with Crippen LogP contribution in [0.5, 0.6) is 0 Å². The number of fused-ring (bicyclic) bond motifs is 3. The van der Waals surface area contributed by atoms with Crippen LogP contribution in [0.1, 0.15) is 53.2 Å². The van der Waals surface area contributed by atoms with Crippen LogP contribution in [0.3, 0.4) is 0 Å². The molecule has 1 fully saturated rings. The van der Waals surface area contributed by atoms with Crippen molar-refractivity contribution in [1.29, 1.82) is 0 Å². The Morgan fingerprint density at radius 2 is 2.00 bits per heavy atom. The van der Waals surface area contributed by atoms with E-state index >= 15 is 0 Å². The lowest BCUT2D eigenvalue weighted by Crippen LogP contribution is -2.55. The first-order valence-corrected chi connectivity index (χ1v) is 16.2. The van der Waals surface area contributed by atoms with Gasteiger partial charge in [-0.05, 0) is 68.6 Å². The van der Waals surface area contributed by atoms with Crippen LogP contribution in [0.25, 0.3) is 6.08 Å². The minimum atomic E-state index is -1.39. The Morgan fingerprint density at radius 3 is 2.66 bits per heavy atom. The molecule has 1 aromatic rings. The maximum Gasteiger partial charge on any atom is 0.331 e. The molecule has 0 amide bonds. The molecule has 0 radical (unpaired) electrons. The summed E-state index contributed by atoms with van der Waals surface area (Å²) in [5.74, 6) is -1.90. The van der Waals surface area contributed by atoms with Crippen molar-refractivity contribution in [2.45, 2.75) is 89.6 Å². The molecular weight excluding hydrogens is 608 g/mol. The predicted octanol–water partition coefficient (Wildman–Crippen LogP) is 3.24. The van der Waals surface area contributed by atoms with Gasteiger partial charge in [-0.3, -0.25) is 4.79 Å². The van der Waals surface area contributed by atoms with Crippen LogP contribution in [0.4, 0.5) is 0 Å². The number of rotatable bonds is 9. The first-order chi connectivity index (χ1) is 22.2. The Morgan fingerprint density at radius 1 is 1.23 bits per heavy atom. The van der Waals surface area contributed by atoms with Crippen LogP contribution in [-0.4, -0.2) is 94.1 Å².